The normalized spacial score (nSPS) is 25.4. The second-order valence-electron chi connectivity index (χ2n) is 7.02. The molecule has 21 heavy (non-hydrogen) atoms. The van der Waals surface area contributed by atoms with Crippen molar-refractivity contribution in [1.82, 2.24) is 15.0 Å². The smallest absolute Gasteiger partial charge is 0.227 e. The van der Waals surface area contributed by atoms with E-state index in [1.165, 1.54) is 0 Å². The third-order valence-electron chi connectivity index (χ3n) is 4.09. The third-order valence-corrected chi connectivity index (χ3v) is 4.09. The molecule has 6 heteroatoms. The first-order valence-corrected chi connectivity index (χ1v) is 7.68. The number of amides is 1. The Hall–Kier alpha value is -1.43. The number of fused-ring (bicyclic) bond motifs is 2. The number of carbonyl (C=O) groups excluding carboxylic acids is 1. The van der Waals surface area contributed by atoms with Gasteiger partial charge < -0.3 is 14.2 Å². The van der Waals surface area contributed by atoms with Crippen LogP contribution in [0.4, 0.5) is 0 Å². The topological polar surface area (TPSA) is 68.5 Å². The molecule has 2 fully saturated rings. The maximum absolute atomic E-state index is 12.3. The van der Waals surface area contributed by atoms with Gasteiger partial charge in [-0.1, -0.05) is 25.9 Å². The summed E-state index contributed by atoms with van der Waals surface area (Å²) >= 11 is 0. The average molecular weight is 293 g/mol. The molecule has 3 rings (SSSR count). The van der Waals surface area contributed by atoms with E-state index in [4.69, 9.17) is 9.26 Å². The molecule has 3 heterocycles. The van der Waals surface area contributed by atoms with Gasteiger partial charge in [0.05, 0.1) is 12.2 Å². The van der Waals surface area contributed by atoms with Crippen LogP contribution >= 0.6 is 0 Å². The van der Waals surface area contributed by atoms with Crippen molar-refractivity contribution in [3.05, 3.63) is 11.7 Å². The van der Waals surface area contributed by atoms with E-state index in [0.717, 1.165) is 25.9 Å². The van der Waals surface area contributed by atoms with Crippen LogP contribution in [0.3, 0.4) is 0 Å². The van der Waals surface area contributed by atoms with Gasteiger partial charge in [-0.15, -0.1) is 0 Å². The van der Waals surface area contributed by atoms with Crippen molar-refractivity contribution in [2.24, 2.45) is 0 Å². The molecule has 1 aromatic rings. The molecule has 2 atom stereocenters. The van der Waals surface area contributed by atoms with Gasteiger partial charge in [0.15, 0.2) is 5.82 Å². The minimum atomic E-state index is -0.130. The number of aromatic nitrogens is 2. The second-order valence-corrected chi connectivity index (χ2v) is 7.02. The van der Waals surface area contributed by atoms with Gasteiger partial charge in [0.1, 0.15) is 0 Å². The molecule has 6 nitrogen and oxygen atoms in total. The first kappa shape index (κ1) is 14.5. The number of nitrogens with zero attached hydrogens (tertiary/aromatic N) is 3. The standard InChI is InChI=1S/C15H23N3O3/c1-15(2,3)14-16-12(21-17-14)6-7-13(19)18-8-10-4-5-11(9-18)20-10/h10-11H,4-9H2,1-3H3. The molecule has 2 unspecified atom stereocenters. The zero-order valence-corrected chi connectivity index (χ0v) is 13.0. The van der Waals surface area contributed by atoms with E-state index in [9.17, 15) is 4.79 Å². The van der Waals surface area contributed by atoms with Gasteiger partial charge in [0.25, 0.3) is 0 Å². The number of hydrogen-bond donors (Lipinski definition) is 0. The zero-order chi connectivity index (χ0) is 15.0. The molecule has 0 spiro atoms. The van der Waals surface area contributed by atoms with Crippen LogP contribution in [0.15, 0.2) is 4.52 Å². The molecule has 2 aliphatic heterocycles. The molecule has 0 N–H and O–H groups in total. The lowest BCUT2D eigenvalue weighted by Gasteiger charge is -2.32. The van der Waals surface area contributed by atoms with E-state index in [1.807, 2.05) is 25.7 Å². The lowest BCUT2D eigenvalue weighted by molar-refractivity contribution is -0.139. The summed E-state index contributed by atoms with van der Waals surface area (Å²) in [7, 11) is 0. The molecule has 0 radical (unpaired) electrons. The zero-order valence-electron chi connectivity index (χ0n) is 13.0. The van der Waals surface area contributed by atoms with Crippen LogP contribution in [0.25, 0.3) is 0 Å². The molecule has 0 saturated carbocycles. The Morgan fingerprint density at radius 1 is 1.29 bits per heavy atom. The van der Waals surface area contributed by atoms with Crippen LogP contribution in [0, 0.1) is 0 Å². The summed E-state index contributed by atoms with van der Waals surface area (Å²) in [5.74, 6) is 1.39. The Morgan fingerprint density at radius 2 is 1.95 bits per heavy atom. The molecular weight excluding hydrogens is 270 g/mol. The largest absolute Gasteiger partial charge is 0.371 e. The molecule has 2 aliphatic rings. The van der Waals surface area contributed by atoms with Crippen molar-refractivity contribution in [1.29, 1.82) is 0 Å². The van der Waals surface area contributed by atoms with Crippen molar-refractivity contribution < 1.29 is 14.1 Å². The van der Waals surface area contributed by atoms with E-state index in [0.29, 0.717) is 24.6 Å². The van der Waals surface area contributed by atoms with Crippen LogP contribution in [0.1, 0.15) is 51.7 Å². The number of hydrogen-bond acceptors (Lipinski definition) is 5. The van der Waals surface area contributed by atoms with Crippen LogP contribution in [0.2, 0.25) is 0 Å². The van der Waals surface area contributed by atoms with Crippen molar-refractivity contribution in [3.63, 3.8) is 0 Å². The summed E-state index contributed by atoms with van der Waals surface area (Å²) in [5.41, 5.74) is -0.130. The Bertz CT molecular complexity index is 508. The predicted molar refractivity (Wildman–Crippen MR) is 75.8 cm³/mol. The van der Waals surface area contributed by atoms with Gasteiger partial charge in [0, 0.05) is 31.3 Å². The first-order chi connectivity index (χ1) is 9.91. The first-order valence-electron chi connectivity index (χ1n) is 7.68. The fourth-order valence-electron chi connectivity index (χ4n) is 2.85. The number of morpholine rings is 1. The summed E-state index contributed by atoms with van der Waals surface area (Å²) in [6.07, 6.45) is 3.56. The fraction of sp³-hybridized carbons (Fsp3) is 0.800. The molecule has 2 bridgehead atoms. The van der Waals surface area contributed by atoms with Crippen molar-refractivity contribution in [2.45, 2.75) is 64.1 Å². The number of ether oxygens (including phenoxy) is 1. The quantitative estimate of drug-likeness (QED) is 0.848. The van der Waals surface area contributed by atoms with Gasteiger partial charge in [-0.2, -0.15) is 4.98 Å². The summed E-state index contributed by atoms with van der Waals surface area (Å²) < 4.78 is 11.0. The lowest BCUT2D eigenvalue weighted by Crippen LogP contribution is -2.45. The maximum Gasteiger partial charge on any atom is 0.227 e. The highest BCUT2D eigenvalue weighted by Crippen LogP contribution is 2.26. The van der Waals surface area contributed by atoms with Gasteiger partial charge >= 0.3 is 0 Å². The van der Waals surface area contributed by atoms with Gasteiger partial charge in [0.2, 0.25) is 11.8 Å². The van der Waals surface area contributed by atoms with E-state index >= 15 is 0 Å². The highest BCUT2D eigenvalue weighted by atomic mass is 16.5. The number of rotatable bonds is 3. The van der Waals surface area contributed by atoms with E-state index in [-0.39, 0.29) is 23.5 Å². The Kier molecular flexibility index (Phi) is 3.73. The minimum absolute atomic E-state index is 0.130. The minimum Gasteiger partial charge on any atom is -0.371 e. The number of likely N-dealkylation sites (tertiary alicyclic amines) is 1. The summed E-state index contributed by atoms with van der Waals surface area (Å²) in [6, 6.07) is 0. The average Bonchev–Trinajstić information content (AvgIpc) is 3.02. The van der Waals surface area contributed by atoms with Crippen LogP contribution in [0.5, 0.6) is 0 Å². The summed E-state index contributed by atoms with van der Waals surface area (Å²) in [4.78, 5) is 18.6. The third kappa shape index (κ3) is 3.26. The molecule has 116 valence electrons. The van der Waals surface area contributed by atoms with Crippen molar-refractivity contribution in [2.75, 3.05) is 13.1 Å². The lowest BCUT2D eigenvalue weighted by atomic mass is 9.96. The van der Waals surface area contributed by atoms with E-state index < -0.39 is 0 Å². The highest BCUT2D eigenvalue weighted by Gasteiger charge is 2.35. The molecule has 1 amide bonds. The second kappa shape index (κ2) is 5.40. The van der Waals surface area contributed by atoms with Gasteiger partial charge in [-0.05, 0) is 12.8 Å². The highest BCUT2D eigenvalue weighted by molar-refractivity contribution is 5.76. The Balaban J connectivity index is 1.53. The molecule has 0 aliphatic carbocycles. The van der Waals surface area contributed by atoms with E-state index in [1.54, 1.807) is 0 Å². The van der Waals surface area contributed by atoms with Gasteiger partial charge in [-0.25, -0.2) is 0 Å². The van der Waals surface area contributed by atoms with Crippen LogP contribution < -0.4 is 0 Å². The number of aryl methyl sites for hydroxylation is 1. The van der Waals surface area contributed by atoms with Crippen molar-refractivity contribution in [3.8, 4) is 0 Å². The predicted octanol–water partition coefficient (Wildman–Crippen LogP) is 1.69. The van der Waals surface area contributed by atoms with Gasteiger partial charge in [-0.3, -0.25) is 4.79 Å². The fourth-order valence-corrected chi connectivity index (χ4v) is 2.85. The van der Waals surface area contributed by atoms with E-state index in [2.05, 4.69) is 10.1 Å². The van der Waals surface area contributed by atoms with Crippen LogP contribution in [-0.2, 0) is 21.4 Å². The van der Waals surface area contributed by atoms with Crippen LogP contribution in [-0.4, -0.2) is 46.2 Å². The molecular formula is C15H23N3O3. The van der Waals surface area contributed by atoms with Crippen molar-refractivity contribution >= 4 is 5.91 Å². The summed E-state index contributed by atoms with van der Waals surface area (Å²) in [6.45, 7) is 7.57. The number of carbonyl (C=O) groups is 1. The SMILES string of the molecule is CC(C)(C)c1noc(CCC(=O)N2CC3CCC(C2)O3)n1. The molecule has 1 aromatic heterocycles. The Morgan fingerprint density at radius 3 is 2.52 bits per heavy atom. The summed E-state index contributed by atoms with van der Waals surface area (Å²) in [5, 5.41) is 3.98. The molecule has 0 aromatic carbocycles. The monoisotopic (exact) mass is 293 g/mol. The maximum atomic E-state index is 12.3. The molecule has 2 saturated heterocycles. The Labute approximate surface area is 124 Å².